The number of hydrogen-bond acceptors (Lipinski definition) is 2. The van der Waals surface area contributed by atoms with E-state index < -0.39 is 23.2 Å². The fourth-order valence-corrected chi connectivity index (χ4v) is 1.89. The van der Waals surface area contributed by atoms with Gasteiger partial charge in [-0.3, -0.25) is 9.59 Å². The second-order valence-electron chi connectivity index (χ2n) is 5.75. The molecule has 0 saturated heterocycles. The van der Waals surface area contributed by atoms with Gasteiger partial charge >= 0.3 is 5.97 Å². The molecule has 0 fully saturated rings. The molecule has 0 unspecified atom stereocenters. The summed E-state index contributed by atoms with van der Waals surface area (Å²) in [4.78, 5) is 24.5. The van der Waals surface area contributed by atoms with Crippen LogP contribution in [0, 0.1) is 12.7 Å². The lowest BCUT2D eigenvalue weighted by atomic mass is 10.0. The van der Waals surface area contributed by atoms with E-state index in [0.717, 1.165) is 5.56 Å². The van der Waals surface area contributed by atoms with Crippen molar-refractivity contribution in [3.8, 4) is 0 Å². The monoisotopic (exact) mass is 281 g/mol. The van der Waals surface area contributed by atoms with Gasteiger partial charge in [-0.05, 0) is 45.4 Å². The van der Waals surface area contributed by atoms with Crippen LogP contribution >= 0.6 is 0 Å². The number of hydrogen-bond donors (Lipinski definition) is 1. The van der Waals surface area contributed by atoms with Crippen molar-refractivity contribution in [3.63, 3.8) is 0 Å². The maximum Gasteiger partial charge on any atom is 0.305 e. The average molecular weight is 281 g/mol. The third-order valence-electron chi connectivity index (χ3n) is 2.96. The van der Waals surface area contributed by atoms with Gasteiger partial charge in [0.2, 0.25) is 0 Å². The minimum absolute atomic E-state index is 0.0316. The van der Waals surface area contributed by atoms with Crippen molar-refractivity contribution in [1.29, 1.82) is 0 Å². The third kappa shape index (κ3) is 4.05. The Morgan fingerprint density at radius 1 is 1.30 bits per heavy atom. The first-order valence-electron chi connectivity index (χ1n) is 6.43. The molecule has 0 aliphatic carbocycles. The Morgan fingerprint density at radius 3 is 2.35 bits per heavy atom. The standard InChI is InChI=1S/C15H20FNO3/c1-10-5-6-11(12(16)9-10)14(20)17(15(2,3)4)8-7-13(18)19/h5-6,9H,7-8H2,1-4H3,(H,18,19). The lowest BCUT2D eigenvalue weighted by Crippen LogP contribution is -2.46. The van der Waals surface area contributed by atoms with E-state index in [1.165, 1.54) is 17.0 Å². The second-order valence-corrected chi connectivity index (χ2v) is 5.75. The number of rotatable bonds is 4. The van der Waals surface area contributed by atoms with Crippen molar-refractivity contribution in [2.75, 3.05) is 6.54 Å². The van der Waals surface area contributed by atoms with E-state index in [2.05, 4.69) is 0 Å². The molecule has 0 aliphatic heterocycles. The highest BCUT2D eigenvalue weighted by Gasteiger charge is 2.29. The number of carboxylic acids is 1. The summed E-state index contributed by atoms with van der Waals surface area (Å²) < 4.78 is 13.9. The number of nitrogens with zero attached hydrogens (tertiary/aromatic N) is 1. The van der Waals surface area contributed by atoms with Crippen molar-refractivity contribution >= 4 is 11.9 Å². The fourth-order valence-electron chi connectivity index (χ4n) is 1.89. The van der Waals surface area contributed by atoms with Gasteiger partial charge in [0, 0.05) is 12.1 Å². The molecule has 5 heteroatoms. The van der Waals surface area contributed by atoms with Crippen LogP contribution in [0.2, 0.25) is 0 Å². The van der Waals surface area contributed by atoms with Crippen LogP contribution in [0.25, 0.3) is 0 Å². The van der Waals surface area contributed by atoms with E-state index in [0.29, 0.717) is 0 Å². The van der Waals surface area contributed by atoms with Crippen molar-refractivity contribution < 1.29 is 19.1 Å². The summed E-state index contributed by atoms with van der Waals surface area (Å²) in [5.74, 6) is -2.06. The Labute approximate surface area is 118 Å². The van der Waals surface area contributed by atoms with Gasteiger partial charge in [-0.25, -0.2) is 4.39 Å². The van der Waals surface area contributed by atoms with Gasteiger partial charge in [-0.1, -0.05) is 6.07 Å². The maximum atomic E-state index is 13.9. The molecule has 4 nitrogen and oxygen atoms in total. The zero-order valence-corrected chi connectivity index (χ0v) is 12.2. The molecule has 0 atom stereocenters. The minimum Gasteiger partial charge on any atom is -0.481 e. The third-order valence-corrected chi connectivity index (χ3v) is 2.96. The van der Waals surface area contributed by atoms with Gasteiger partial charge in [-0.15, -0.1) is 0 Å². The lowest BCUT2D eigenvalue weighted by molar-refractivity contribution is -0.137. The van der Waals surface area contributed by atoms with Crippen LogP contribution in [0.15, 0.2) is 18.2 Å². The van der Waals surface area contributed by atoms with Crippen LogP contribution in [-0.4, -0.2) is 34.0 Å². The molecule has 0 aromatic heterocycles. The molecule has 1 N–H and O–H groups in total. The van der Waals surface area contributed by atoms with E-state index in [4.69, 9.17) is 5.11 Å². The van der Waals surface area contributed by atoms with Gasteiger partial charge in [0.05, 0.1) is 12.0 Å². The molecule has 1 aromatic carbocycles. The number of carbonyl (C=O) groups excluding carboxylic acids is 1. The summed E-state index contributed by atoms with van der Waals surface area (Å²) in [6.45, 7) is 7.16. The van der Waals surface area contributed by atoms with Crippen LogP contribution in [0.3, 0.4) is 0 Å². The molecule has 0 aliphatic rings. The maximum absolute atomic E-state index is 13.9. The first-order chi connectivity index (χ1) is 9.12. The number of carboxylic acid groups (broad SMARTS) is 1. The van der Waals surface area contributed by atoms with Crippen molar-refractivity contribution in [3.05, 3.63) is 35.1 Å². The molecule has 20 heavy (non-hydrogen) atoms. The van der Waals surface area contributed by atoms with Crippen LogP contribution < -0.4 is 0 Å². The highest BCUT2D eigenvalue weighted by atomic mass is 19.1. The molecule has 1 amide bonds. The van der Waals surface area contributed by atoms with Crippen molar-refractivity contribution in [1.82, 2.24) is 4.90 Å². The average Bonchev–Trinajstić information content (AvgIpc) is 2.26. The Bertz CT molecular complexity index is 520. The lowest BCUT2D eigenvalue weighted by Gasteiger charge is -2.35. The molecular weight excluding hydrogens is 261 g/mol. The SMILES string of the molecule is Cc1ccc(C(=O)N(CCC(=O)O)C(C)(C)C)c(F)c1. The van der Waals surface area contributed by atoms with E-state index in [1.54, 1.807) is 33.8 Å². The number of benzene rings is 1. The topological polar surface area (TPSA) is 57.6 Å². The quantitative estimate of drug-likeness (QED) is 0.923. The van der Waals surface area contributed by atoms with Crippen LogP contribution in [0.5, 0.6) is 0 Å². The van der Waals surface area contributed by atoms with E-state index >= 15 is 0 Å². The highest BCUT2D eigenvalue weighted by Crippen LogP contribution is 2.20. The summed E-state index contributed by atoms with van der Waals surface area (Å²) in [5, 5.41) is 8.76. The van der Waals surface area contributed by atoms with Gasteiger partial charge in [0.1, 0.15) is 5.82 Å². The largest absolute Gasteiger partial charge is 0.481 e. The van der Waals surface area contributed by atoms with Gasteiger partial charge in [0.25, 0.3) is 5.91 Å². The molecule has 1 aromatic rings. The summed E-state index contributed by atoms with van der Waals surface area (Å²) in [5.41, 5.74) is 0.118. The molecule has 110 valence electrons. The molecule has 0 radical (unpaired) electrons. The summed E-state index contributed by atoms with van der Waals surface area (Å²) in [7, 11) is 0. The number of carbonyl (C=O) groups is 2. The van der Waals surface area contributed by atoms with Crippen molar-refractivity contribution in [2.24, 2.45) is 0 Å². The second kappa shape index (κ2) is 6.03. The van der Waals surface area contributed by atoms with Gasteiger partial charge in [0.15, 0.2) is 0 Å². The van der Waals surface area contributed by atoms with E-state index in [9.17, 15) is 14.0 Å². The number of amides is 1. The van der Waals surface area contributed by atoms with Gasteiger partial charge < -0.3 is 10.0 Å². The first-order valence-corrected chi connectivity index (χ1v) is 6.43. The first kappa shape index (κ1) is 16.1. The zero-order chi connectivity index (χ0) is 15.5. The normalized spacial score (nSPS) is 11.2. The molecular formula is C15H20FNO3. The molecule has 0 heterocycles. The van der Waals surface area contributed by atoms with Crippen LogP contribution in [0.1, 0.15) is 43.1 Å². The molecule has 1 rings (SSSR count). The number of halogens is 1. The molecule has 0 spiro atoms. The highest BCUT2D eigenvalue weighted by molar-refractivity contribution is 5.95. The summed E-state index contributed by atoms with van der Waals surface area (Å²) in [6, 6.07) is 4.39. The predicted molar refractivity (Wildman–Crippen MR) is 74.2 cm³/mol. The van der Waals surface area contributed by atoms with Crippen molar-refractivity contribution in [2.45, 2.75) is 39.7 Å². The zero-order valence-electron chi connectivity index (χ0n) is 12.2. The van der Waals surface area contributed by atoms with Crippen LogP contribution in [0.4, 0.5) is 4.39 Å². The fraction of sp³-hybridized carbons (Fsp3) is 0.467. The molecule has 0 bridgehead atoms. The predicted octanol–water partition coefficient (Wildman–Crippen LogP) is 2.85. The smallest absolute Gasteiger partial charge is 0.305 e. The van der Waals surface area contributed by atoms with E-state index in [-0.39, 0.29) is 18.5 Å². The summed E-state index contributed by atoms with van der Waals surface area (Å²) >= 11 is 0. The van der Waals surface area contributed by atoms with Gasteiger partial charge in [-0.2, -0.15) is 0 Å². The Hall–Kier alpha value is -1.91. The number of aliphatic carboxylic acids is 1. The molecule has 0 saturated carbocycles. The van der Waals surface area contributed by atoms with Crippen LogP contribution in [-0.2, 0) is 4.79 Å². The summed E-state index contributed by atoms with van der Waals surface area (Å²) in [6.07, 6.45) is -0.170. The Morgan fingerprint density at radius 2 is 1.90 bits per heavy atom. The Balaban J connectivity index is 3.07. The van der Waals surface area contributed by atoms with E-state index in [1.807, 2.05) is 0 Å². The number of aryl methyl sites for hydroxylation is 1. The Kier molecular flexibility index (Phi) is 4.87. The minimum atomic E-state index is -0.989.